The van der Waals surface area contributed by atoms with E-state index in [2.05, 4.69) is 26.3 Å². The first-order valence-corrected chi connectivity index (χ1v) is 11.0. The van der Waals surface area contributed by atoms with Gasteiger partial charge in [-0.3, -0.25) is 0 Å². The summed E-state index contributed by atoms with van der Waals surface area (Å²) in [6, 6.07) is 13.7. The largest absolute Gasteiger partial charge is 0.350 e. The van der Waals surface area contributed by atoms with E-state index in [-0.39, 0.29) is 6.54 Å². The zero-order chi connectivity index (χ0) is 22.1. The van der Waals surface area contributed by atoms with Crippen molar-refractivity contribution in [1.29, 1.82) is 0 Å². The molecular formula is C24H22ClF2N5. The van der Waals surface area contributed by atoms with Crippen molar-refractivity contribution in [2.45, 2.75) is 19.5 Å². The van der Waals surface area contributed by atoms with Crippen molar-refractivity contribution in [1.82, 2.24) is 19.9 Å². The van der Waals surface area contributed by atoms with Crippen LogP contribution in [0.3, 0.4) is 0 Å². The number of anilines is 1. The van der Waals surface area contributed by atoms with Crippen molar-refractivity contribution in [2.24, 2.45) is 5.92 Å². The van der Waals surface area contributed by atoms with Crippen molar-refractivity contribution in [2.75, 3.05) is 18.4 Å². The molecule has 2 aromatic heterocycles. The Balaban J connectivity index is 1.50. The lowest BCUT2D eigenvalue weighted by Crippen LogP contribution is -2.15. The van der Waals surface area contributed by atoms with Gasteiger partial charge >= 0.3 is 0 Å². The van der Waals surface area contributed by atoms with Gasteiger partial charge in [0.25, 0.3) is 0 Å². The highest BCUT2D eigenvalue weighted by Crippen LogP contribution is 2.33. The van der Waals surface area contributed by atoms with Crippen LogP contribution in [0.1, 0.15) is 12.0 Å². The molecule has 2 N–H and O–H groups in total. The summed E-state index contributed by atoms with van der Waals surface area (Å²) in [5, 5.41) is 8.14. The molecule has 5 nitrogen and oxygen atoms in total. The van der Waals surface area contributed by atoms with E-state index in [1.54, 1.807) is 6.20 Å². The van der Waals surface area contributed by atoms with Gasteiger partial charge in [-0.1, -0.05) is 35.9 Å². The van der Waals surface area contributed by atoms with Gasteiger partial charge in [-0.25, -0.2) is 13.8 Å². The molecule has 0 spiro atoms. The number of hydrogen-bond acceptors (Lipinski definition) is 4. The minimum absolute atomic E-state index is 0.285. The fourth-order valence-electron chi connectivity index (χ4n) is 4.16. The Hall–Kier alpha value is -3.03. The molecule has 164 valence electrons. The van der Waals surface area contributed by atoms with Crippen LogP contribution in [0.2, 0.25) is 5.02 Å². The number of nitrogens with one attached hydrogen (secondary N) is 2. The number of fused-ring (bicyclic) bond motifs is 1. The number of nitrogens with zero attached hydrogens (tertiary/aromatic N) is 3. The molecule has 1 saturated heterocycles. The average Bonchev–Trinajstić information content (AvgIpc) is 3.43. The summed E-state index contributed by atoms with van der Waals surface area (Å²) in [6.45, 7) is 3.08. The molecule has 1 aliphatic rings. The van der Waals surface area contributed by atoms with E-state index in [0.717, 1.165) is 54.4 Å². The number of aromatic nitrogens is 3. The highest BCUT2D eigenvalue weighted by molar-refractivity contribution is 6.33. The topological polar surface area (TPSA) is 54.8 Å². The molecule has 1 fully saturated rings. The number of hydrogen-bond donors (Lipinski definition) is 2. The van der Waals surface area contributed by atoms with Crippen molar-refractivity contribution < 1.29 is 8.78 Å². The maximum atomic E-state index is 13.5. The van der Waals surface area contributed by atoms with Gasteiger partial charge in [0.05, 0.1) is 5.69 Å². The Morgan fingerprint density at radius 2 is 2.00 bits per heavy atom. The van der Waals surface area contributed by atoms with Crippen LogP contribution in [-0.4, -0.2) is 27.6 Å². The molecule has 3 heterocycles. The molecule has 1 unspecified atom stereocenters. The van der Waals surface area contributed by atoms with Crippen molar-refractivity contribution in [3.8, 4) is 11.3 Å². The van der Waals surface area contributed by atoms with Gasteiger partial charge in [0.2, 0.25) is 5.95 Å². The highest BCUT2D eigenvalue weighted by Gasteiger charge is 2.21. The van der Waals surface area contributed by atoms with Crippen LogP contribution in [0.4, 0.5) is 14.7 Å². The minimum atomic E-state index is -0.871. The Morgan fingerprint density at radius 3 is 2.78 bits per heavy atom. The second-order valence-corrected chi connectivity index (χ2v) is 8.46. The normalized spacial score (nSPS) is 16.0. The fraction of sp³-hybridized carbons (Fsp3) is 0.250. The van der Waals surface area contributed by atoms with Crippen LogP contribution in [0.5, 0.6) is 0 Å². The third-order valence-electron chi connectivity index (χ3n) is 5.82. The van der Waals surface area contributed by atoms with Gasteiger partial charge < -0.3 is 15.2 Å². The van der Waals surface area contributed by atoms with Crippen LogP contribution >= 0.6 is 11.6 Å². The molecule has 0 aliphatic carbocycles. The van der Waals surface area contributed by atoms with E-state index in [1.807, 2.05) is 24.3 Å². The van der Waals surface area contributed by atoms with E-state index in [4.69, 9.17) is 16.6 Å². The zero-order valence-electron chi connectivity index (χ0n) is 17.3. The minimum Gasteiger partial charge on any atom is -0.350 e. The molecule has 32 heavy (non-hydrogen) atoms. The van der Waals surface area contributed by atoms with E-state index >= 15 is 0 Å². The summed E-state index contributed by atoms with van der Waals surface area (Å²) < 4.78 is 28.9. The number of halogens is 3. The van der Waals surface area contributed by atoms with Crippen LogP contribution in [0, 0.1) is 17.6 Å². The lowest BCUT2D eigenvalue weighted by molar-refractivity contribution is 0.492. The summed E-state index contributed by atoms with van der Waals surface area (Å²) in [4.78, 5) is 9.17. The predicted molar refractivity (Wildman–Crippen MR) is 123 cm³/mol. The van der Waals surface area contributed by atoms with Gasteiger partial charge in [0, 0.05) is 35.3 Å². The highest BCUT2D eigenvalue weighted by atomic mass is 35.5. The molecule has 0 amide bonds. The fourth-order valence-corrected chi connectivity index (χ4v) is 4.39. The van der Waals surface area contributed by atoms with E-state index in [0.29, 0.717) is 22.5 Å². The lowest BCUT2D eigenvalue weighted by atomic mass is 10.1. The monoisotopic (exact) mass is 453 g/mol. The van der Waals surface area contributed by atoms with E-state index < -0.39 is 11.6 Å². The second kappa shape index (κ2) is 8.84. The third-order valence-corrected chi connectivity index (χ3v) is 6.15. The average molecular weight is 454 g/mol. The first kappa shape index (κ1) is 20.8. The summed E-state index contributed by atoms with van der Waals surface area (Å²) in [5.41, 5.74) is 3.38. The first-order chi connectivity index (χ1) is 15.6. The van der Waals surface area contributed by atoms with Gasteiger partial charge in [-0.05, 0) is 55.3 Å². The zero-order valence-corrected chi connectivity index (χ0v) is 18.0. The molecule has 8 heteroatoms. The lowest BCUT2D eigenvalue weighted by Gasteiger charge is -2.15. The molecule has 1 atom stereocenters. The smallest absolute Gasteiger partial charge is 0.224 e. The molecular weight excluding hydrogens is 432 g/mol. The van der Waals surface area contributed by atoms with Gasteiger partial charge in [0.1, 0.15) is 5.65 Å². The molecule has 4 aromatic rings. The van der Waals surface area contributed by atoms with E-state index in [9.17, 15) is 8.78 Å². The number of rotatable bonds is 6. The van der Waals surface area contributed by atoms with Crippen molar-refractivity contribution in [3.63, 3.8) is 0 Å². The predicted octanol–water partition coefficient (Wildman–Crippen LogP) is 5.25. The summed E-state index contributed by atoms with van der Waals surface area (Å²) in [7, 11) is 0. The number of benzene rings is 2. The first-order valence-electron chi connectivity index (χ1n) is 10.6. The van der Waals surface area contributed by atoms with Crippen LogP contribution < -0.4 is 10.6 Å². The Kier molecular flexibility index (Phi) is 5.76. The van der Waals surface area contributed by atoms with Crippen LogP contribution in [0.15, 0.2) is 54.7 Å². The standard InChI is InChI=1S/C24H22ClF2N5/c25-19-4-2-1-3-18(19)22-10-17-13-30-24(29-12-15-5-6-20(26)21(27)9-15)31-23(17)32(22)14-16-7-8-28-11-16/h1-6,9-10,13,16,28H,7-8,11-12,14H2,(H,29,30,31). The van der Waals surface area contributed by atoms with Crippen LogP contribution in [-0.2, 0) is 13.1 Å². The van der Waals surface area contributed by atoms with E-state index in [1.165, 1.54) is 12.1 Å². The molecule has 5 rings (SSSR count). The maximum Gasteiger partial charge on any atom is 0.224 e. The summed E-state index contributed by atoms with van der Waals surface area (Å²) in [5.74, 6) is -0.806. The van der Waals surface area contributed by atoms with Gasteiger partial charge in [0.15, 0.2) is 11.6 Å². The van der Waals surface area contributed by atoms with Crippen molar-refractivity contribution in [3.05, 3.63) is 76.9 Å². The van der Waals surface area contributed by atoms with Gasteiger partial charge in [-0.15, -0.1) is 0 Å². The van der Waals surface area contributed by atoms with Gasteiger partial charge in [-0.2, -0.15) is 4.98 Å². The molecule has 0 saturated carbocycles. The SMILES string of the molecule is Fc1ccc(CNc2ncc3cc(-c4ccccc4Cl)n(CC4CCNC4)c3n2)cc1F. The van der Waals surface area contributed by atoms with Crippen molar-refractivity contribution >= 4 is 28.6 Å². The summed E-state index contributed by atoms with van der Waals surface area (Å²) in [6.07, 6.45) is 2.88. The molecule has 2 aromatic carbocycles. The molecule has 1 aliphatic heterocycles. The van der Waals surface area contributed by atoms with Crippen LogP contribution in [0.25, 0.3) is 22.3 Å². The quantitative estimate of drug-likeness (QED) is 0.418. The second-order valence-electron chi connectivity index (χ2n) is 8.05. The summed E-state index contributed by atoms with van der Waals surface area (Å²) >= 11 is 6.52. The maximum absolute atomic E-state index is 13.5. The Labute approximate surface area is 189 Å². The molecule has 0 bridgehead atoms. The molecule has 0 radical (unpaired) electrons. The third kappa shape index (κ3) is 4.18. The Morgan fingerprint density at radius 1 is 1.12 bits per heavy atom. The Bertz CT molecular complexity index is 1270.